The van der Waals surface area contributed by atoms with E-state index in [1.54, 1.807) is 45.0 Å². The highest BCUT2D eigenvalue weighted by molar-refractivity contribution is 7.90. The van der Waals surface area contributed by atoms with Gasteiger partial charge in [-0.3, -0.25) is 4.98 Å². The van der Waals surface area contributed by atoms with Crippen molar-refractivity contribution in [3.05, 3.63) is 76.9 Å². The third-order valence-corrected chi connectivity index (χ3v) is 9.25. The van der Waals surface area contributed by atoms with Gasteiger partial charge in [0.25, 0.3) is 0 Å². The first-order valence-electron chi connectivity index (χ1n) is 12.6. The molecule has 0 saturated carbocycles. The number of hydrogen-bond acceptors (Lipinski definition) is 8. The van der Waals surface area contributed by atoms with Crippen LogP contribution in [0.3, 0.4) is 0 Å². The molecule has 3 atom stereocenters. The Morgan fingerprint density at radius 1 is 1.02 bits per heavy atom. The Balaban J connectivity index is 1.86. The Hall–Kier alpha value is -3.76. The van der Waals surface area contributed by atoms with Crippen LogP contribution in [0.2, 0.25) is 0 Å². The number of fused-ring (bicyclic) bond motifs is 1. The molecule has 43 heavy (non-hydrogen) atoms. The number of imide groups is 1. The lowest BCUT2D eigenvalue weighted by Gasteiger charge is -2.27. The van der Waals surface area contributed by atoms with Gasteiger partial charge in [0, 0.05) is 32.7 Å². The van der Waals surface area contributed by atoms with Gasteiger partial charge in [-0.1, -0.05) is 24.3 Å². The summed E-state index contributed by atoms with van der Waals surface area (Å²) in [7, 11) is 0. The molecule has 1 unspecified atom stereocenters. The number of benzene rings is 1. The van der Waals surface area contributed by atoms with Gasteiger partial charge in [0.05, 0.1) is 11.4 Å². The first-order chi connectivity index (χ1) is 19.9. The maximum Gasteiger partial charge on any atom is 0.422 e. The number of carboxylic acid groups (broad SMARTS) is 2. The number of alkyl halides is 3. The monoisotopic (exact) mass is 636 g/mol. The second kappa shape index (κ2) is 11.7. The van der Waals surface area contributed by atoms with Crippen LogP contribution in [0.15, 0.2) is 60.8 Å². The van der Waals surface area contributed by atoms with Crippen LogP contribution in [-0.4, -0.2) is 53.0 Å². The lowest BCUT2D eigenvalue weighted by atomic mass is 9.94. The summed E-state index contributed by atoms with van der Waals surface area (Å²) >= 11 is -0.452. The molecule has 0 spiro atoms. The van der Waals surface area contributed by atoms with Crippen molar-refractivity contribution < 1.29 is 42.6 Å². The quantitative estimate of drug-likeness (QED) is 0.168. The third kappa shape index (κ3) is 6.60. The highest BCUT2D eigenvalue weighted by Crippen LogP contribution is 2.42. The molecule has 0 saturated heterocycles. The maximum absolute atomic E-state index is 13.5. The number of aliphatic hydroxyl groups is 1. The van der Waals surface area contributed by atoms with E-state index < -0.39 is 46.1 Å². The summed E-state index contributed by atoms with van der Waals surface area (Å²) < 4.78 is 56.7. The zero-order valence-corrected chi connectivity index (χ0v) is 24.8. The van der Waals surface area contributed by atoms with Crippen LogP contribution >= 0.6 is 11.3 Å². The number of aromatic nitrogens is 2. The molecule has 0 aliphatic rings. The van der Waals surface area contributed by atoms with E-state index in [2.05, 4.69) is 14.7 Å². The topological polar surface area (TPSA) is 159 Å². The summed E-state index contributed by atoms with van der Waals surface area (Å²) in [6.45, 7) is 5.89. The van der Waals surface area contributed by atoms with Gasteiger partial charge in [-0.2, -0.15) is 18.1 Å². The van der Waals surface area contributed by atoms with Crippen LogP contribution in [0.1, 0.15) is 49.9 Å². The first-order valence-corrected chi connectivity index (χ1v) is 14.6. The molecule has 10 nitrogen and oxygen atoms in total. The molecule has 4 rings (SSSR count). The van der Waals surface area contributed by atoms with Gasteiger partial charge in [-0.25, -0.2) is 14.6 Å². The molecule has 228 valence electrons. The fourth-order valence-electron chi connectivity index (χ4n) is 4.02. The number of rotatable bonds is 7. The van der Waals surface area contributed by atoms with Gasteiger partial charge in [-0.05, 0) is 69.0 Å². The largest absolute Gasteiger partial charge is 0.598 e. The molecular weight excluding hydrogens is 609 g/mol. The first kappa shape index (κ1) is 32.2. The number of nitrogens with one attached hydrogen (secondary N) is 1. The molecule has 0 bridgehead atoms. The highest BCUT2D eigenvalue weighted by Gasteiger charge is 2.51. The van der Waals surface area contributed by atoms with Gasteiger partial charge < -0.3 is 19.9 Å². The van der Waals surface area contributed by atoms with Crippen LogP contribution in [0.4, 0.5) is 28.6 Å². The van der Waals surface area contributed by atoms with Crippen LogP contribution in [0.25, 0.3) is 21.3 Å². The van der Waals surface area contributed by atoms with Gasteiger partial charge in [0.15, 0.2) is 5.60 Å². The Kier molecular flexibility index (Phi) is 8.77. The number of halogens is 3. The van der Waals surface area contributed by atoms with Crippen LogP contribution in [-0.2, 0) is 17.0 Å². The van der Waals surface area contributed by atoms with Crippen molar-refractivity contribution in [2.24, 2.45) is 0 Å². The number of nitrogens with zero attached hydrogens (tertiary/aromatic N) is 3. The molecule has 4 N–H and O–H groups in total. The van der Waals surface area contributed by atoms with Crippen LogP contribution < -0.4 is 9.62 Å². The molecular formula is C28H27F3N4O6S2. The van der Waals surface area contributed by atoms with Crippen molar-refractivity contribution in [3.8, 4) is 11.3 Å². The van der Waals surface area contributed by atoms with Gasteiger partial charge in [-0.15, -0.1) is 16.1 Å². The smallest absolute Gasteiger partial charge is 0.422 e. The zero-order chi connectivity index (χ0) is 31.9. The van der Waals surface area contributed by atoms with Gasteiger partial charge in [0.2, 0.25) is 0 Å². The second-order valence-electron chi connectivity index (χ2n) is 10.6. The van der Waals surface area contributed by atoms with Crippen molar-refractivity contribution >= 4 is 50.8 Å². The maximum atomic E-state index is 13.5. The van der Waals surface area contributed by atoms with Gasteiger partial charge >= 0.3 is 18.4 Å². The summed E-state index contributed by atoms with van der Waals surface area (Å²) in [4.78, 5) is 32.3. The number of pyridine rings is 2. The predicted molar refractivity (Wildman–Crippen MR) is 156 cm³/mol. The van der Waals surface area contributed by atoms with Gasteiger partial charge in [0.1, 0.15) is 16.6 Å². The number of thiophene rings is 1. The molecule has 0 aliphatic heterocycles. The van der Waals surface area contributed by atoms with E-state index in [4.69, 9.17) is 0 Å². The Labute approximate surface area is 251 Å². The van der Waals surface area contributed by atoms with E-state index in [9.17, 15) is 42.6 Å². The Bertz CT molecular complexity index is 1660. The average Bonchev–Trinajstić information content (AvgIpc) is 3.34. The molecule has 1 aromatic carbocycles. The lowest BCUT2D eigenvalue weighted by molar-refractivity contribution is -0.258. The molecule has 3 heterocycles. The molecule has 0 aliphatic carbocycles. The summed E-state index contributed by atoms with van der Waals surface area (Å²) in [6, 6.07) is 12.4. The molecule has 0 fully saturated rings. The van der Waals surface area contributed by atoms with E-state index in [-0.39, 0.29) is 27.7 Å². The summed E-state index contributed by atoms with van der Waals surface area (Å²) in [5.74, 6) is -0.384. The summed E-state index contributed by atoms with van der Waals surface area (Å²) in [6.07, 6.45) is -7.26. The Morgan fingerprint density at radius 3 is 2.28 bits per heavy atom. The molecule has 0 radical (unpaired) electrons. The average molecular weight is 637 g/mol. The number of anilines is 1. The number of hydrogen-bond donors (Lipinski definition) is 4. The third-order valence-electron chi connectivity index (χ3n) is 6.44. The highest BCUT2D eigenvalue weighted by atomic mass is 32.2. The van der Waals surface area contributed by atoms with Crippen molar-refractivity contribution in [1.29, 1.82) is 0 Å². The minimum Gasteiger partial charge on any atom is -0.598 e. The summed E-state index contributed by atoms with van der Waals surface area (Å²) in [5.41, 5.74) is -2.66. The standard InChI is InChI=1S/C28H27F3N4O6S2/c1-26(2,3)43(41)34-22(18-9-6-10-21(33-18)35(24(36)37)25(38)39)20-13-15-7-5-8-17(23(15)42-20)19-14-16(11-12-32-19)27(4,40)28(29,30)31/h5-14,22,34,40H,1-4H3,(H,36,37)(H,38,39)/t22-,27?,43-/m1/s1. The molecule has 3 aromatic heterocycles. The fourth-order valence-corrected chi connectivity index (χ4v) is 6.16. The SMILES string of the molecule is CC(C)(C)[S@@+]([O-])N[C@H](c1cccc(N(C(=O)O)C(=O)O)n1)c1cc2cccc(-c3cc(C(C)(O)C(F)(F)F)ccn3)c2s1. The molecule has 2 amide bonds. The van der Waals surface area contributed by atoms with Crippen LogP contribution in [0.5, 0.6) is 0 Å². The van der Waals surface area contributed by atoms with E-state index in [0.717, 1.165) is 6.07 Å². The van der Waals surface area contributed by atoms with E-state index in [0.29, 0.717) is 27.5 Å². The lowest BCUT2D eigenvalue weighted by Crippen LogP contribution is -2.41. The second-order valence-corrected chi connectivity index (χ2v) is 13.7. The number of carbonyl (C=O) groups is 2. The van der Waals surface area contributed by atoms with Crippen LogP contribution in [0, 0.1) is 0 Å². The fraction of sp³-hybridized carbons (Fsp3) is 0.286. The van der Waals surface area contributed by atoms with Crippen molar-refractivity contribution in [2.75, 3.05) is 4.90 Å². The molecule has 15 heteroatoms. The zero-order valence-electron chi connectivity index (χ0n) is 23.2. The normalized spacial score (nSPS) is 15.1. The van der Waals surface area contributed by atoms with Crippen molar-refractivity contribution in [2.45, 2.75) is 50.3 Å². The Morgan fingerprint density at radius 2 is 1.67 bits per heavy atom. The molecule has 4 aromatic rings. The van der Waals surface area contributed by atoms with E-state index >= 15 is 0 Å². The minimum atomic E-state index is -4.92. The van der Waals surface area contributed by atoms with Crippen molar-refractivity contribution in [3.63, 3.8) is 0 Å². The van der Waals surface area contributed by atoms with Crippen molar-refractivity contribution in [1.82, 2.24) is 14.7 Å². The predicted octanol–water partition coefficient (Wildman–Crippen LogP) is 6.43. The minimum absolute atomic E-state index is 0.0544. The summed E-state index contributed by atoms with van der Waals surface area (Å²) in [5, 5.41) is 29.7. The van der Waals surface area contributed by atoms with E-state index in [1.165, 1.54) is 41.8 Å². The number of amides is 2. The van der Waals surface area contributed by atoms with E-state index in [1.807, 2.05) is 0 Å².